The van der Waals surface area contributed by atoms with Gasteiger partial charge in [0, 0.05) is 5.25 Å². The van der Waals surface area contributed by atoms with Gasteiger partial charge in [-0.05, 0) is 26.0 Å². The molecule has 1 aromatic rings. The summed E-state index contributed by atoms with van der Waals surface area (Å²) in [5, 5.41) is 18.2. The third-order valence-electron chi connectivity index (χ3n) is 1.76. The minimum Gasteiger partial charge on any atom is -0.392 e. The highest BCUT2D eigenvalue weighted by atomic mass is 32.2. The summed E-state index contributed by atoms with van der Waals surface area (Å²) in [4.78, 5) is 0. The van der Waals surface area contributed by atoms with Crippen LogP contribution in [0.3, 0.4) is 0 Å². The van der Waals surface area contributed by atoms with Crippen molar-refractivity contribution in [3.8, 4) is 0 Å². The van der Waals surface area contributed by atoms with Gasteiger partial charge >= 0.3 is 0 Å². The van der Waals surface area contributed by atoms with Crippen LogP contribution in [0.2, 0.25) is 0 Å². The molecule has 0 aliphatic heterocycles. The zero-order valence-electron chi connectivity index (χ0n) is 8.06. The largest absolute Gasteiger partial charge is 0.392 e. The maximum absolute atomic E-state index is 9.27. The molecule has 0 fully saturated rings. The smallest absolute Gasteiger partial charge is 0.119 e. The molecule has 0 amide bonds. The molecule has 0 spiro atoms. The molecule has 2 unspecified atom stereocenters. The van der Waals surface area contributed by atoms with Crippen molar-refractivity contribution in [1.82, 2.24) is 10.2 Å². The van der Waals surface area contributed by atoms with Crippen LogP contribution in [0.15, 0.2) is 17.2 Å². The Hall–Kier alpha value is -0.610. The van der Waals surface area contributed by atoms with Crippen molar-refractivity contribution in [3.63, 3.8) is 0 Å². The second-order valence-electron chi connectivity index (χ2n) is 3.08. The highest BCUT2D eigenvalue weighted by Gasteiger charge is 2.10. The van der Waals surface area contributed by atoms with Gasteiger partial charge in [0.05, 0.1) is 11.8 Å². The summed E-state index contributed by atoms with van der Waals surface area (Å²) in [5.41, 5.74) is 0.911. The van der Waals surface area contributed by atoms with Gasteiger partial charge in [0.1, 0.15) is 5.03 Å². The number of nitrogens with zero attached hydrogens (tertiary/aromatic N) is 2. The number of aliphatic hydroxyl groups is 1. The summed E-state index contributed by atoms with van der Waals surface area (Å²) in [7, 11) is 0. The fraction of sp³-hybridized carbons (Fsp3) is 0.556. The Bertz CT molecular complexity index is 261. The Morgan fingerprint density at radius 1 is 1.31 bits per heavy atom. The molecule has 13 heavy (non-hydrogen) atoms. The predicted octanol–water partition coefficient (Wildman–Crippen LogP) is 1.65. The fourth-order valence-electron chi connectivity index (χ4n) is 0.738. The molecule has 1 heterocycles. The molecule has 1 rings (SSSR count). The Morgan fingerprint density at radius 3 is 2.46 bits per heavy atom. The highest BCUT2D eigenvalue weighted by molar-refractivity contribution is 7.99. The van der Waals surface area contributed by atoms with Gasteiger partial charge in [-0.15, -0.1) is 5.10 Å². The summed E-state index contributed by atoms with van der Waals surface area (Å²) >= 11 is 1.54. The lowest BCUT2D eigenvalue weighted by Gasteiger charge is -2.12. The van der Waals surface area contributed by atoms with E-state index in [2.05, 4.69) is 10.2 Å². The van der Waals surface area contributed by atoms with E-state index in [0.717, 1.165) is 10.7 Å². The Kier molecular flexibility index (Phi) is 3.69. The maximum atomic E-state index is 9.27. The van der Waals surface area contributed by atoms with Gasteiger partial charge < -0.3 is 5.11 Å². The summed E-state index contributed by atoms with van der Waals surface area (Å²) in [6.45, 7) is 5.65. The highest BCUT2D eigenvalue weighted by Crippen LogP contribution is 2.22. The molecule has 4 heteroatoms. The van der Waals surface area contributed by atoms with Gasteiger partial charge in [0.2, 0.25) is 0 Å². The zero-order valence-corrected chi connectivity index (χ0v) is 8.88. The molecule has 0 saturated heterocycles. The second kappa shape index (κ2) is 4.58. The number of rotatable bonds is 3. The number of aromatic nitrogens is 2. The molecule has 3 nitrogen and oxygen atoms in total. The van der Waals surface area contributed by atoms with Crippen LogP contribution in [0.4, 0.5) is 0 Å². The number of hydrogen-bond donors (Lipinski definition) is 1. The van der Waals surface area contributed by atoms with E-state index in [1.54, 1.807) is 6.92 Å². The molecule has 0 aliphatic rings. The first-order valence-corrected chi connectivity index (χ1v) is 5.12. The third-order valence-corrected chi connectivity index (χ3v) is 2.98. The van der Waals surface area contributed by atoms with Crippen LogP contribution < -0.4 is 0 Å². The summed E-state index contributed by atoms with van der Waals surface area (Å²) in [6, 6.07) is 3.84. The molecule has 0 aliphatic carbocycles. The zero-order chi connectivity index (χ0) is 9.84. The summed E-state index contributed by atoms with van der Waals surface area (Å²) in [6.07, 6.45) is -0.326. The minimum absolute atomic E-state index is 0.150. The van der Waals surface area contributed by atoms with Crippen molar-refractivity contribution in [1.29, 1.82) is 0 Å². The van der Waals surface area contributed by atoms with E-state index in [9.17, 15) is 5.11 Å². The molecule has 1 aromatic heterocycles. The third kappa shape index (κ3) is 3.32. The lowest BCUT2D eigenvalue weighted by atomic mass is 10.3. The van der Waals surface area contributed by atoms with Crippen molar-refractivity contribution >= 4 is 11.8 Å². The van der Waals surface area contributed by atoms with Crippen LogP contribution >= 0.6 is 11.8 Å². The standard InChI is InChI=1S/C9H14N2OS/c1-6-4-5-9(11-10-6)13-8(3)7(2)12/h4-5,7-8,12H,1-3H3. The Balaban J connectivity index is 2.59. The van der Waals surface area contributed by atoms with E-state index in [-0.39, 0.29) is 11.4 Å². The van der Waals surface area contributed by atoms with E-state index >= 15 is 0 Å². The Labute approximate surface area is 82.6 Å². The van der Waals surface area contributed by atoms with E-state index in [1.165, 1.54) is 11.8 Å². The van der Waals surface area contributed by atoms with E-state index in [4.69, 9.17) is 0 Å². The first-order chi connectivity index (χ1) is 6.09. The lowest BCUT2D eigenvalue weighted by molar-refractivity contribution is 0.196. The second-order valence-corrected chi connectivity index (χ2v) is 4.47. The summed E-state index contributed by atoms with van der Waals surface area (Å²) < 4.78 is 0. The average Bonchev–Trinajstić information content (AvgIpc) is 2.08. The first-order valence-electron chi connectivity index (χ1n) is 4.24. The van der Waals surface area contributed by atoms with Crippen molar-refractivity contribution in [2.75, 3.05) is 0 Å². The maximum Gasteiger partial charge on any atom is 0.119 e. The van der Waals surface area contributed by atoms with Crippen LogP contribution in [-0.2, 0) is 0 Å². The molecule has 72 valence electrons. The van der Waals surface area contributed by atoms with Crippen molar-refractivity contribution < 1.29 is 5.11 Å². The topological polar surface area (TPSA) is 46.0 Å². The van der Waals surface area contributed by atoms with Crippen LogP contribution in [0.1, 0.15) is 19.5 Å². The number of hydrogen-bond acceptors (Lipinski definition) is 4. The molecule has 2 atom stereocenters. The van der Waals surface area contributed by atoms with Gasteiger partial charge in [-0.2, -0.15) is 5.10 Å². The molecule has 0 aromatic carbocycles. The molecule has 0 saturated carbocycles. The van der Waals surface area contributed by atoms with Gasteiger partial charge in [-0.25, -0.2) is 0 Å². The normalized spacial score (nSPS) is 15.4. The minimum atomic E-state index is -0.326. The van der Waals surface area contributed by atoms with Crippen molar-refractivity contribution in [2.45, 2.75) is 37.2 Å². The van der Waals surface area contributed by atoms with Crippen molar-refractivity contribution in [3.05, 3.63) is 17.8 Å². The molecule has 0 radical (unpaired) electrons. The van der Waals surface area contributed by atoms with Crippen LogP contribution in [0.5, 0.6) is 0 Å². The Morgan fingerprint density at radius 2 is 2.00 bits per heavy atom. The number of aliphatic hydroxyl groups excluding tert-OH is 1. The number of thioether (sulfide) groups is 1. The van der Waals surface area contributed by atoms with Gasteiger partial charge in [0.25, 0.3) is 0 Å². The quantitative estimate of drug-likeness (QED) is 0.750. The van der Waals surface area contributed by atoms with Crippen LogP contribution in [0.25, 0.3) is 0 Å². The van der Waals surface area contributed by atoms with Gasteiger partial charge in [-0.3, -0.25) is 0 Å². The van der Waals surface area contributed by atoms with Crippen LogP contribution in [0, 0.1) is 6.92 Å². The first kappa shape index (κ1) is 10.5. The molecule has 1 N–H and O–H groups in total. The average molecular weight is 198 g/mol. The van der Waals surface area contributed by atoms with Gasteiger partial charge in [0.15, 0.2) is 0 Å². The van der Waals surface area contributed by atoms with E-state index < -0.39 is 0 Å². The molecular formula is C9H14N2OS. The van der Waals surface area contributed by atoms with E-state index in [1.807, 2.05) is 26.0 Å². The SMILES string of the molecule is Cc1ccc(SC(C)C(C)O)nn1. The lowest BCUT2D eigenvalue weighted by Crippen LogP contribution is -2.15. The monoisotopic (exact) mass is 198 g/mol. The molecule has 0 bridgehead atoms. The molecular weight excluding hydrogens is 184 g/mol. The van der Waals surface area contributed by atoms with E-state index in [0.29, 0.717) is 0 Å². The van der Waals surface area contributed by atoms with Crippen LogP contribution in [-0.4, -0.2) is 26.7 Å². The van der Waals surface area contributed by atoms with Crippen molar-refractivity contribution in [2.24, 2.45) is 0 Å². The predicted molar refractivity (Wildman–Crippen MR) is 53.8 cm³/mol. The van der Waals surface area contributed by atoms with Gasteiger partial charge in [-0.1, -0.05) is 18.7 Å². The number of aryl methyl sites for hydroxylation is 1. The summed E-state index contributed by atoms with van der Waals surface area (Å²) in [5.74, 6) is 0. The fourth-order valence-corrected chi connectivity index (χ4v) is 1.55.